The summed E-state index contributed by atoms with van der Waals surface area (Å²) < 4.78 is 18.5. The third kappa shape index (κ3) is 4.92. The first-order chi connectivity index (χ1) is 12.5. The summed E-state index contributed by atoms with van der Waals surface area (Å²) >= 11 is 0. The number of piperidine rings is 1. The van der Waals surface area contributed by atoms with E-state index < -0.39 is 5.60 Å². The lowest BCUT2D eigenvalue weighted by molar-refractivity contribution is -0.134. The molecule has 0 saturated carbocycles. The maximum Gasteiger partial charge on any atom is 0.246 e. The van der Waals surface area contributed by atoms with Crippen LogP contribution in [-0.2, 0) is 4.79 Å². The van der Waals surface area contributed by atoms with Crippen LogP contribution in [0.2, 0.25) is 0 Å². The molecule has 1 unspecified atom stereocenters. The normalized spacial score (nSPS) is 20.3. The van der Waals surface area contributed by atoms with E-state index >= 15 is 0 Å². The Balaban J connectivity index is 1.57. The van der Waals surface area contributed by atoms with Crippen molar-refractivity contribution in [3.05, 3.63) is 72.1 Å². The fourth-order valence-electron chi connectivity index (χ4n) is 3.00. The molecule has 1 fully saturated rings. The Kier molecular flexibility index (Phi) is 5.68. The summed E-state index contributed by atoms with van der Waals surface area (Å²) in [6.45, 7) is 0.883. The molecule has 5 heteroatoms. The highest BCUT2D eigenvalue weighted by Gasteiger charge is 2.35. The molecule has 2 aromatic rings. The SMILES string of the molecule is O=C(C=Cc1ccccc1)N1CCCC(O)(COc2ccc(F)cc2)C1. The molecule has 1 atom stereocenters. The molecule has 0 spiro atoms. The summed E-state index contributed by atoms with van der Waals surface area (Å²) in [6.07, 6.45) is 4.56. The van der Waals surface area contributed by atoms with Gasteiger partial charge in [-0.25, -0.2) is 4.39 Å². The first-order valence-corrected chi connectivity index (χ1v) is 8.67. The number of halogens is 1. The lowest BCUT2D eigenvalue weighted by Crippen LogP contribution is -2.53. The molecule has 0 aromatic heterocycles. The Labute approximate surface area is 152 Å². The average molecular weight is 355 g/mol. The molecular formula is C21H22FNO3. The van der Waals surface area contributed by atoms with Gasteiger partial charge in [0.05, 0.1) is 6.54 Å². The number of hydrogen-bond acceptors (Lipinski definition) is 3. The van der Waals surface area contributed by atoms with Crippen LogP contribution >= 0.6 is 0 Å². The van der Waals surface area contributed by atoms with Crippen molar-refractivity contribution in [3.63, 3.8) is 0 Å². The fourth-order valence-corrected chi connectivity index (χ4v) is 3.00. The quantitative estimate of drug-likeness (QED) is 0.838. The van der Waals surface area contributed by atoms with Crippen molar-refractivity contribution in [1.82, 2.24) is 4.90 Å². The summed E-state index contributed by atoms with van der Waals surface area (Å²) in [4.78, 5) is 14.1. The standard InChI is InChI=1S/C21H22FNO3/c22-18-8-10-19(11-9-18)26-16-21(25)13-4-14-23(15-21)20(24)12-7-17-5-2-1-3-6-17/h1-3,5-12,25H,4,13-16H2. The molecule has 2 aromatic carbocycles. The average Bonchev–Trinajstić information content (AvgIpc) is 2.66. The van der Waals surface area contributed by atoms with Crippen LogP contribution in [0.25, 0.3) is 6.08 Å². The first-order valence-electron chi connectivity index (χ1n) is 8.67. The topological polar surface area (TPSA) is 49.8 Å². The summed E-state index contributed by atoms with van der Waals surface area (Å²) in [7, 11) is 0. The molecule has 1 aliphatic rings. The number of hydrogen-bond donors (Lipinski definition) is 1. The van der Waals surface area contributed by atoms with E-state index in [4.69, 9.17) is 4.74 Å². The molecular weight excluding hydrogens is 333 g/mol. The van der Waals surface area contributed by atoms with E-state index in [2.05, 4.69) is 0 Å². The minimum absolute atomic E-state index is 0.0603. The van der Waals surface area contributed by atoms with Gasteiger partial charge >= 0.3 is 0 Å². The minimum Gasteiger partial charge on any atom is -0.491 e. The van der Waals surface area contributed by atoms with Crippen LogP contribution in [0, 0.1) is 5.82 Å². The monoisotopic (exact) mass is 355 g/mol. The van der Waals surface area contributed by atoms with Crippen LogP contribution in [0.4, 0.5) is 4.39 Å². The number of benzene rings is 2. The number of carbonyl (C=O) groups excluding carboxylic acids is 1. The van der Waals surface area contributed by atoms with Crippen molar-refractivity contribution >= 4 is 12.0 Å². The zero-order chi connectivity index (χ0) is 18.4. The largest absolute Gasteiger partial charge is 0.491 e. The zero-order valence-corrected chi connectivity index (χ0v) is 14.5. The smallest absolute Gasteiger partial charge is 0.246 e. The predicted octanol–water partition coefficient (Wildman–Crippen LogP) is 3.27. The number of carbonyl (C=O) groups is 1. The van der Waals surface area contributed by atoms with Crippen molar-refractivity contribution < 1.29 is 19.0 Å². The Morgan fingerprint density at radius 1 is 1.19 bits per heavy atom. The second-order valence-electron chi connectivity index (χ2n) is 6.57. The third-order valence-electron chi connectivity index (χ3n) is 4.41. The summed E-state index contributed by atoms with van der Waals surface area (Å²) in [5.74, 6) is 0.0247. The second kappa shape index (κ2) is 8.15. The molecule has 0 bridgehead atoms. The number of ether oxygens (including phenoxy) is 1. The Bertz CT molecular complexity index is 761. The number of β-amino-alcohol motifs (C(OH)–C–C–N with tert-alkyl or cyclic N) is 1. The second-order valence-corrected chi connectivity index (χ2v) is 6.57. The van der Waals surface area contributed by atoms with E-state index in [9.17, 15) is 14.3 Å². The molecule has 0 radical (unpaired) electrons. The van der Waals surface area contributed by atoms with Crippen molar-refractivity contribution in [2.24, 2.45) is 0 Å². The molecule has 1 heterocycles. The highest BCUT2D eigenvalue weighted by molar-refractivity contribution is 5.91. The van der Waals surface area contributed by atoms with Gasteiger partial charge in [0, 0.05) is 12.6 Å². The van der Waals surface area contributed by atoms with E-state index in [1.807, 2.05) is 30.3 Å². The number of rotatable bonds is 5. The Morgan fingerprint density at radius 3 is 2.65 bits per heavy atom. The van der Waals surface area contributed by atoms with Gasteiger partial charge in [0.15, 0.2) is 0 Å². The minimum atomic E-state index is -1.11. The van der Waals surface area contributed by atoms with E-state index in [1.165, 1.54) is 30.3 Å². The Morgan fingerprint density at radius 2 is 1.92 bits per heavy atom. The van der Waals surface area contributed by atoms with Crippen LogP contribution in [0.1, 0.15) is 18.4 Å². The maximum atomic E-state index is 12.9. The van der Waals surface area contributed by atoms with Gasteiger partial charge in [-0.3, -0.25) is 4.79 Å². The van der Waals surface area contributed by atoms with Gasteiger partial charge in [-0.05, 0) is 48.7 Å². The van der Waals surface area contributed by atoms with Gasteiger partial charge in [-0.1, -0.05) is 30.3 Å². The van der Waals surface area contributed by atoms with Gasteiger partial charge in [-0.15, -0.1) is 0 Å². The predicted molar refractivity (Wildman–Crippen MR) is 98.1 cm³/mol. The number of amides is 1. The lowest BCUT2D eigenvalue weighted by Gasteiger charge is -2.38. The molecule has 136 valence electrons. The highest BCUT2D eigenvalue weighted by atomic mass is 19.1. The van der Waals surface area contributed by atoms with E-state index in [0.29, 0.717) is 25.1 Å². The van der Waals surface area contributed by atoms with Crippen LogP contribution < -0.4 is 4.74 Å². The summed E-state index contributed by atoms with van der Waals surface area (Å²) in [5, 5.41) is 10.8. The molecule has 4 nitrogen and oxygen atoms in total. The number of likely N-dealkylation sites (tertiary alicyclic amines) is 1. The van der Waals surface area contributed by atoms with Crippen LogP contribution in [-0.4, -0.2) is 41.2 Å². The molecule has 3 rings (SSSR count). The Hall–Kier alpha value is -2.66. The van der Waals surface area contributed by atoms with Crippen LogP contribution in [0.3, 0.4) is 0 Å². The van der Waals surface area contributed by atoms with Crippen molar-refractivity contribution in [2.45, 2.75) is 18.4 Å². The summed E-state index contributed by atoms with van der Waals surface area (Å²) in [6, 6.07) is 15.3. The van der Waals surface area contributed by atoms with Crippen LogP contribution in [0.5, 0.6) is 5.75 Å². The molecule has 1 aliphatic heterocycles. The van der Waals surface area contributed by atoms with Gasteiger partial charge < -0.3 is 14.7 Å². The zero-order valence-electron chi connectivity index (χ0n) is 14.5. The van der Waals surface area contributed by atoms with E-state index in [1.54, 1.807) is 11.0 Å². The maximum absolute atomic E-state index is 12.9. The molecule has 0 aliphatic carbocycles. The summed E-state index contributed by atoms with van der Waals surface area (Å²) in [5.41, 5.74) is -0.157. The van der Waals surface area contributed by atoms with Gasteiger partial charge in [0.2, 0.25) is 5.91 Å². The lowest BCUT2D eigenvalue weighted by atomic mass is 9.93. The number of nitrogens with zero attached hydrogens (tertiary/aromatic N) is 1. The van der Waals surface area contributed by atoms with Crippen LogP contribution in [0.15, 0.2) is 60.7 Å². The molecule has 1 N–H and O–H groups in total. The highest BCUT2D eigenvalue weighted by Crippen LogP contribution is 2.23. The van der Waals surface area contributed by atoms with E-state index in [-0.39, 0.29) is 24.9 Å². The molecule has 1 amide bonds. The number of aliphatic hydroxyl groups is 1. The van der Waals surface area contributed by atoms with E-state index in [0.717, 1.165) is 5.56 Å². The van der Waals surface area contributed by atoms with Crippen molar-refractivity contribution in [1.29, 1.82) is 0 Å². The first kappa shape index (κ1) is 18.1. The van der Waals surface area contributed by atoms with Gasteiger partial charge in [-0.2, -0.15) is 0 Å². The molecule has 1 saturated heterocycles. The van der Waals surface area contributed by atoms with Gasteiger partial charge in [0.25, 0.3) is 0 Å². The van der Waals surface area contributed by atoms with Gasteiger partial charge in [0.1, 0.15) is 23.8 Å². The fraction of sp³-hybridized carbons (Fsp3) is 0.286. The van der Waals surface area contributed by atoms with Crippen molar-refractivity contribution in [3.8, 4) is 5.75 Å². The molecule has 26 heavy (non-hydrogen) atoms. The van der Waals surface area contributed by atoms with Crippen molar-refractivity contribution in [2.75, 3.05) is 19.7 Å². The third-order valence-corrected chi connectivity index (χ3v) is 4.41.